The number of rotatable bonds is 34. The van der Waals surface area contributed by atoms with Gasteiger partial charge in [0.15, 0.2) is 0 Å². The molecule has 0 heterocycles. The molecule has 252 valence electrons. The molecule has 0 spiro atoms. The molecule has 0 bridgehead atoms. The lowest BCUT2D eigenvalue weighted by Crippen LogP contribution is -2.18. The van der Waals surface area contributed by atoms with Gasteiger partial charge in [-0.25, -0.2) is 0 Å². The molecule has 43 heavy (non-hydrogen) atoms. The first kappa shape index (κ1) is 41.4. The van der Waals surface area contributed by atoms with Gasteiger partial charge in [-0.05, 0) is 70.6 Å². The molecule has 4 nitrogen and oxygen atoms in total. The maximum absolute atomic E-state index is 12.6. The Morgan fingerprint density at radius 3 is 1.42 bits per heavy atom. The van der Waals surface area contributed by atoms with Crippen LogP contribution in [0.1, 0.15) is 206 Å². The predicted molar refractivity (Wildman–Crippen MR) is 186 cm³/mol. The summed E-state index contributed by atoms with van der Waals surface area (Å²) in [5.41, 5.74) is 0. The van der Waals surface area contributed by atoms with Gasteiger partial charge in [0.25, 0.3) is 0 Å². The van der Waals surface area contributed by atoms with E-state index in [1.807, 2.05) is 0 Å². The maximum Gasteiger partial charge on any atom is 0.306 e. The maximum atomic E-state index is 12.6. The van der Waals surface area contributed by atoms with Crippen LogP contribution in [0.5, 0.6) is 0 Å². The fraction of sp³-hybridized carbons (Fsp3) is 0.846. The highest BCUT2D eigenvalue weighted by molar-refractivity contribution is 5.69. The van der Waals surface area contributed by atoms with Gasteiger partial charge in [0.05, 0.1) is 0 Å². The molecule has 0 saturated carbocycles. The molecule has 0 fully saturated rings. The van der Waals surface area contributed by atoms with Crippen LogP contribution in [0.25, 0.3) is 0 Å². The standard InChI is InChI=1S/C39H72O4/c1-3-5-7-9-11-12-13-14-15-16-17-18-19-20-21-22-24-26-32-36-39(42)43-37(33-29-25-23-10-8-6-4-2)34-30-27-28-31-35-38(40)41/h11-12,14-15,37H,3-10,13,16-36H2,1-2H3,(H,40,41)/b12-11-,15-14-. The molecule has 1 unspecified atom stereocenters. The first-order valence-electron chi connectivity index (χ1n) is 18.8. The van der Waals surface area contributed by atoms with Gasteiger partial charge in [0.1, 0.15) is 6.10 Å². The zero-order valence-corrected chi connectivity index (χ0v) is 28.8. The molecule has 0 aliphatic heterocycles. The molecule has 0 rings (SSSR count). The predicted octanol–water partition coefficient (Wildman–Crippen LogP) is 12.8. The van der Waals surface area contributed by atoms with Gasteiger partial charge in [0, 0.05) is 12.8 Å². The highest BCUT2D eigenvalue weighted by Crippen LogP contribution is 2.18. The van der Waals surface area contributed by atoms with Gasteiger partial charge in [-0.15, -0.1) is 0 Å². The second kappa shape index (κ2) is 34.9. The van der Waals surface area contributed by atoms with Crippen LogP contribution >= 0.6 is 0 Å². The van der Waals surface area contributed by atoms with Crippen molar-refractivity contribution in [3.05, 3.63) is 24.3 Å². The van der Waals surface area contributed by atoms with Gasteiger partial charge < -0.3 is 9.84 Å². The van der Waals surface area contributed by atoms with Crippen LogP contribution in [0.3, 0.4) is 0 Å². The highest BCUT2D eigenvalue weighted by Gasteiger charge is 2.14. The minimum atomic E-state index is -0.711. The molecule has 0 aliphatic rings. The van der Waals surface area contributed by atoms with Crippen LogP contribution in [-0.4, -0.2) is 23.1 Å². The van der Waals surface area contributed by atoms with Crippen LogP contribution in [0.2, 0.25) is 0 Å². The molecule has 0 aromatic carbocycles. The normalized spacial score (nSPS) is 12.4. The summed E-state index contributed by atoms with van der Waals surface area (Å²) >= 11 is 0. The molecule has 4 heteroatoms. The molecule has 0 aliphatic carbocycles. The lowest BCUT2D eigenvalue weighted by atomic mass is 10.0. The van der Waals surface area contributed by atoms with Crippen LogP contribution in [0, 0.1) is 0 Å². The van der Waals surface area contributed by atoms with E-state index in [0.29, 0.717) is 6.42 Å². The van der Waals surface area contributed by atoms with Crippen LogP contribution in [-0.2, 0) is 14.3 Å². The summed E-state index contributed by atoms with van der Waals surface area (Å²) in [4.78, 5) is 23.3. The Balaban J connectivity index is 3.84. The van der Waals surface area contributed by atoms with E-state index < -0.39 is 5.97 Å². The summed E-state index contributed by atoms with van der Waals surface area (Å²) in [6, 6.07) is 0. The third-order valence-electron chi connectivity index (χ3n) is 8.43. The third kappa shape index (κ3) is 34.8. The Morgan fingerprint density at radius 1 is 0.512 bits per heavy atom. The van der Waals surface area contributed by atoms with Crippen LogP contribution in [0.15, 0.2) is 24.3 Å². The SMILES string of the molecule is CCCCC/C=C\C/C=C\CCCCCCCCCCCC(=O)OC(CCCCCCCCC)CCCCCCC(=O)O. The molecule has 0 radical (unpaired) electrons. The Hall–Kier alpha value is -1.58. The average molecular weight is 605 g/mol. The molecule has 0 saturated heterocycles. The quantitative estimate of drug-likeness (QED) is 0.0451. The molecular formula is C39H72O4. The average Bonchev–Trinajstić information content (AvgIpc) is 2.99. The topological polar surface area (TPSA) is 63.6 Å². The summed E-state index contributed by atoms with van der Waals surface area (Å²) in [5.74, 6) is -0.729. The summed E-state index contributed by atoms with van der Waals surface area (Å²) in [7, 11) is 0. The summed E-state index contributed by atoms with van der Waals surface area (Å²) in [5, 5.41) is 8.81. The van der Waals surface area contributed by atoms with Gasteiger partial charge >= 0.3 is 11.9 Å². The number of carbonyl (C=O) groups is 2. The summed E-state index contributed by atoms with van der Waals surface area (Å²) < 4.78 is 5.94. The number of hydrogen-bond donors (Lipinski definition) is 1. The number of carboxylic acid groups (broad SMARTS) is 1. The number of ether oxygens (including phenoxy) is 1. The second-order valence-corrected chi connectivity index (χ2v) is 12.8. The Bertz CT molecular complexity index is 654. The number of allylic oxidation sites excluding steroid dienone is 4. The van der Waals surface area contributed by atoms with Crippen molar-refractivity contribution in [3.8, 4) is 0 Å². The van der Waals surface area contributed by atoms with Crippen molar-refractivity contribution in [2.45, 2.75) is 213 Å². The summed E-state index contributed by atoms with van der Waals surface area (Å²) in [6.07, 6.45) is 43.4. The first-order chi connectivity index (χ1) is 21.1. The minimum Gasteiger partial charge on any atom is -0.481 e. The number of carbonyl (C=O) groups excluding carboxylic acids is 1. The van der Waals surface area contributed by atoms with Gasteiger partial charge in [-0.2, -0.15) is 0 Å². The van der Waals surface area contributed by atoms with Gasteiger partial charge in [-0.1, -0.05) is 147 Å². The van der Waals surface area contributed by atoms with E-state index in [9.17, 15) is 9.59 Å². The van der Waals surface area contributed by atoms with Crippen molar-refractivity contribution in [3.63, 3.8) is 0 Å². The zero-order chi connectivity index (χ0) is 31.5. The van der Waals surface area contributed by atoms with Crippen molar-refractivity contribution in [2.75, 3.05) is 0 Å². The van der Waals surface area contributed by atoms with E-state index in [4.69, 9.17) is 9.84 Å². The van der Waals surface area contributed by atoms with Crippen LogP contribution < -0.4 is 0 Å². The van der Waals surface area contributed by atoms with Gasteiger partial charge in [-0.3, -0.25) is 9.59 Å². The van der Waals surface area contributed by atoms with Crippen molar-refractivity contribution < 1.29 is 19.4 Å². The van der Waals surface area contributed by atoms with E-state index in [1.54, 1.807) is 0 Å². The Labute approximate surface area is 267 Å². The molecule has 0 amide bonds. The van der Waals surface area contributed by atoms with Gasteiger partial charge in [0.2, 0.25) is 0 Å². The minimum absolute atomic E-state index is 0.0177. The van der Waals surface area contributed by atoms with E-state index >= 15 is 0 Å². The lowest BCUT2D eigenvalue weighted by Gasteiger charge is -2.18. The van der Waals surface area contributed by atoms with Crippen molar-refractivity contribution in [1.29, 1.82) is 0 Å². The number of esters is 1. The van der Waals surface area contributed by atoms with Crippen molar-refractivity contribution >= 4 is 11.9 Å². The number of hydrogen-bond acceptors (Lipinski definition) is 3. The van der Waals surface area contributed by atoms with E-state index in [2.05, 4.69) is 38.2 Å². The Kier molecular flexibility index (Phi) is 33.6. The fourth-order valence-corrected chi connectivity index (χ4v) is 5.63. The molecule has 1 atom stereocenters. The van der Waals surface area contributed by atoms with Crippen molar-refractivity contribution in [1.82, 2.24) is 0 Å². The highest BCUT2D eigenvalue weighted by atomic mass is 16.5. The fourth-order valence-electron chi connectivity index (χ4n) is 5.63. The van der Waals surface area contributed by atoms with E-state index in [0.717, 1.165) is 64.2 Å². The number of aliphatic carboxylic acids is 1. The number of carboxylic acids is 1. The molecule has 0 aromatic heterocycles. The van der Waals surface area contributed by atoms with Crippen molar-refractivity contribution in [2.24, 2.45) is 0 Å². The smallest absolute Gasteiger partial charge is 0.306 e. The molecule has 0 aromatic rings. The van der Waals surface area contributed by atoms with E-state index in [1.165, 1.54) is 116 Å². The summed E-state index contributed by atoms with van der Waals surface area (Å²) in [6.45, 7) is 4.50. The number of unbranched alkanes of at least 4 members (excludes halogenated alkanes) is 21. The molecule has 1 N–H and O–H groups in total. The lowest BCUT2D eigenvalue weighted by molar-refractivity contribution is -0.150. The Morgan fingerprint density at radius 2 is 0.907 bits per heavy atom. The van der Waals surface area contributed by atoms with Crippen LogP contribution in [0.4, 0.5) is 0 Å². The van der Waals surface area contributed by atoms with E-state index in [-0.39, 0.29) is 18.5 Å². The second-order valence-electron chi connectivity index (χ2n) is 12.8. The zero-order valence-electron chi connectivity index (χ0n) is 28.8. The molecular weight excluding hydrogens is 532 g/mol. The monoisotopic (exact) mass is 605 g/mol. The first-order valence-corrected chi connectivity index (χ1v) is 18.8. The largest absolute Gasteiger partial charge is 0.481 e. The third-order valence-corrected chi connectivity index (χ3v) is 8.43.